The van der Waals surface area contributed by atoms with Crippen molar-refractivity contribution >= 4 is 38.8 Å². The Bertz CT molecular complexity index is 3370. The van der Waals surface area contributed by atoms with E-state index in [1.165, 1.54) is 44.2 Å². The lowest BCUT2D eigenvalue weighted by Gasteiger charge is -2.33. The first-order chi connectivity index (χ1) is 31.2. The number of hydrogen-bond donors (Lipinski definition) is 0. The molecule has 63 heavy (non-hydrogen) atoms. The number of furan rings is 1. The molecule has 0 spiro atoms. The van der Waals surface area contributed by atoms with E-state index >= 15 is 0 Å². The predicted octanol–water partition coefficient (Wildman–Crippen LogP) is 16.4. The molecule has 12 rings (SSSR count). The van der Waals surface area contributed by atoms with Crippen LogP contribution in [0.4, 0.5) is 17.1 Å². The molecule has 1 aliphatic carbocycles. The average molecular weight is 804 g/mol. The molecule has 0 N–H and O–H groups in total. The van der Waals surface area contributed by atoms with Crippen LogP contribution in [0.5, 0.6) is 0 Å². The van der Waals surface area contributed by atoms with Gasteiger partial charge < -0.3 is 9.32 Å². The third-order valence-corrected chi connectivity index (χ3v) is 13.0. The highest BCUT2D eigenvalue weighted by molar-refractivity contribution is 6.02. The minimum atomic E-state index is -0.553. The minimum absolute atomic E-state index is 0.553. The second kappa shape index (κ2) is 15.1. The zero-order chi connectivity index (χ0) is 41.7. The molecule has 0 unspecified atom stereocenters. The van der Waals surface area contributed by atoms with Crippen LogP contribution in [0.25, 0.3) is 66.4 Å². The Morgan fingerprint density at radius 1 is 0.349 bits per heavy atom. The van der Waals surface area contributed by atoms with E-state index in [1.54, 1.807) is 0 Å². The van der Waals surface area contributed by atoms with Crippen LogP contribution < -0.4 is 4.90 Å². The normalized spacial score (nSPS) is 12.6. The van der Waals surface area contributed by atoms with Crippen LogP contribution in [0.15, 0.2) is 253 Å². The van der Waals surface area contributed by atoms with Gasteiger partial charge in [0, 0.05) is 33.6 Å². The molecule has 10 aromatic carbocycles. The Balaban J connectivity index is 0.932. The Kier molecular flexibility index (Phi) is 8.76. The molecule has 0 saturated heterocycles. The first kappa shape index (κ1) is 36.6. The molecule has 0 radical (unpaired) electrons. The van der Waals surface area contributed by atoms with Gasteiger partial charge in [0.05, 0.1) is 5.41 Å². The minimum Gasteiger partial charge on any atom is -0.456 e. The van der Waals surface area contributed by atoms with Gasteiger partial charge in [0.2, 0.25) is 0 Å². The molecule has 0 atom stereocenters. The van der Waals surface area contributed by atoms with E-state index in [0.29, 0.717) is 0 Å². The summed E-state index contributed by atoms with van der Waals surface area (Å²) in [5.74, 6) is 0.944. The highest BCUT2D eigenvalue weighted by atomic mass is 16.3. The lowest BCUT2D eigenvalue weighted by molar-refractivity contribution is 0.628. The van der Waals surface area contributed by atoms with Crippen LogP contribution in [0.1, 0.15) is 22.3 Å². The molecule has 1 heterocycles. The lowest BCUT2D eigenvalue weighted by atomic mass is 9.67. The molecular weight excluding hydrogens is 763 g/mol. The number of fused-ring (bicyclic) bond motifs is 6. The van der Waals surface area contributed by atoms with E-state index in [9.17, 15) is 0 Å². The van der Waals surface area contributed by atoms with Gasteiger partial charge in [-0.05, 0) is 103 Å². The van der Waals surface area contributed by atoms with E-state index in [0.717, 1.165) is 61.6 Å². The summed E-state index contributed by atoms with van der Waals surface area (Å²) in [5.41, 5.74) is 16.8. The number of rotatable bonds is 8. The highest BCUT2D eigenvalue weighted by Gasteiger charge is 2.50. The van der Waals surface area contributed by atoms with Crippen LogP contribution in [-0.2, 0) is 5.41 Å². The number of anilines is 3. The first-order valence-electron chi connectivity index (χ1n) is 21.7. The zero-order valence-electron chi connectivity index (χ0n) is 34.5. The summed E-state index contributed by atoms with van der Waals surface area (Å²) < 4.78 is 6.93. The fourth-order valence-corrected chi connectivity index (χ4v) is 10.1. The molecule has 0 saturated carbocycles. The summed E-state index contributed by atoms with van der Waals surface area (Å²) in [6, 6.07) is 89.9. The molecule has 2 heteroatoms. The maximum absolute atomic E-state index is 6.93. The van der Waals surface area contributed by atoms with E-state index in [-0.39, 0.29) is 0 Å². The van der Waals surface area contributed by atoms with Gasteiger partial charge in [-0.15, -0.1) is 0 Å². The van der Waals surface area contributed by atoms with Crippen LogP contribution >= 0.6 is 0 Å². The lowest BCUT2D eigenvalue weighted by Crippen LogP contribution is -2.28. The molecule has 0 fully saturated rings. The zero-order valence-corrected chi connectivity index (χ0v) is 34.5. The number of benzene rings is 10. The Morgan fingerprint density at radius 3 is 1.48 bits per heavy atom. The Labute approximate surface area is 367 Å². The number of hydrogen-bond acceptors (Lipinski definition) is 2. The van der Waals surface area contributed by atoms with Crippen molar-refractivity contribution in [2.75, 3.05) is 4.90 Å². The van der Waals surface area contributed by atoms with Gasteiger partial charge in [0.25, 0.3) is 0 Å². The van der Waals surface area contributed by atoms with Crippen molar-refractivity contribution in [2.24, 2.45) is 0 Å². The van der Waals surface area contributed by atoms with Crippen LogP contribution in [0, 0.1) is 0 Å². The number of nitrogens with zero attached hydrogens (tertiary/aromatic N) is 1. The van der Waals surface area contributed by atoms with Crippen molar-refractivity contribution < 1.29 is 4.42 Å². The summed E-state index contributed by atoms with van der Waals surface area (Å²) in [6.07, 6.45) is 0. The number of para-hydroxylation sites is 1. The third-order valence-electron chi connectivity index (χ3n) is 13.0. The quantitative estimate of drug-likeness (QED) is 0.152. The van der Waals surface area contributed by atoms with Gasteiger partial charge in [0.15, 0.2) is 0 Å². The molecule has 1 aromatic heterocycles. The second-order valence-corrected chi connectivity index (χ2v) is 16.4. The molecule has 2 nitrogen and oxygen atoms in total. The summed E-state index contributed by atoms with van der Waals surface area (Å²) in [5, 5.41) is 3.58. The van der Waals surface area contributed by atoms with Crippen LogP contribution in [0.2, 0.25) is 0 Å². The van der Waals surface area contributed by atoms with Crippen molar-refractivity contribution in [3.63, 3.8) is 0 Å². The fraction of sp³-hybridized carbons (Fsp3) is 0.0164. The Morgan fingerprint density at radius 2 is 0.841 bits per heavy atom. The molecule has 11 aromatic rings. The molecule has 0 bridgehead atoms. The molecule has 296 valence electrons. The summed E-state index contributed by atoms with van der Waals surface area (Å²) in [7, 11) is 0. The van der Waals surface area contributed by atoms with Gasteiger partial charge in [-0.1, -0.05) is 206 Å². The van der Waals surface area contributed by atoms with Crippen molar-refractivity contribution in [1.29, 1.82) is 0 Å². The van der Waals surface area contributed by atoms with Gasteiger partial charge in [-0.25, -0.2) is 0 Å². The average Bonchev–Trinajstić information content (AvgIpc) is 3.89. The highest BCUT2D eigenvalue weighted by Crippen LogP contribution is 2.61. The van der Waals surface area contributed by atoms with E-state index in [2.05, 4.69) is 254 Å². The monoisotopic (exact) mass is 803 g/mol. The summed E-state index contributed by atoms with van der Waals surface area (Å²) in [4.78, 5) is 2.35. The predicted molar refractivity (Wildman–Crippen MR) is 262 cm³/mol. The van der Waals surface area contributed by atoms with Gasteiger partial charge in [-0.3, -0.25) is 0 Å². The van der Waals surface area contributed by atoms with E-state index in [4.69, 9.17) is 4.42 Å². The molecule has 1 aliphatic rings. The second-order valence-electron chi connectivity index (χ2n) is 16.4. The maximum atomic E-state index is 6.93. The smallest absolute Gasteiger partial charge is 0.141 e. The van der Waals surface area contributed by atoms with Gasteiger partial charge in [-0.2, -0.15) is 0 Å². The fourth-order valence-electron chi connectivity index (χ4n) is 10.1. The summed E-state index contributed by atoms with van der Waals surface area (Å²) in [6.45, 7) is 0. The standard InChI is InChI=1S/C61H41NO/c1-4-15-42(16-5-1)45-31-36-51(37-32-45)62(53-40-35-43-17-10-11-18-48(43)41-53)52-38-33-46(34-39-52)44-27-29-47(30-28-44)54-24-14-25-56-58(54)60-59(55-23-12-13-26-57(55)63-60)61(56,49-19-6-2-7-20-49)50-21-8-3-9-22-50/h1-41H. The first-order valence-corrected chi connectivity index (χ1v) is 21.7. The topological polar surface area (TPSA) is 16.4 Å². The van der Waals surface area contributed by atoms with Crippen molar-refractivity contribution in [3.05, 3.63) is 271 Å². The molecule has 0 amide bonds. The summed E-state index contributed by atoms with van der Waals surface area (Å²) >= 11 is 0. The van der Waals surface area contributed by atoms with E-state index in [1.807, 2.05) is 0 Å². The van der Waals surface area contributed by atoms with Crippen molar-refractivity contribution in [3.8, 4) is 44.7 Å². The van der Waals surface area contributed by atoms with Gasteiger partial charge >= 0.3 is 0 Å². The third kappa shape index (κ3) is 6.02. The Hall–Kier alpha value is -8.20. The largest absolute Gasteiger partial charge is 0.456 e. The van der Waals surface area contributed by atoms with Crippen LogP contribution in [-0.4, -0.2) is 0 Å². The molecule has 0 aliphatic heterocycles. The van der Waals surface area contributed by atoms with E-state index < -0.39 is 5.41 Å². The van der Waals surface area contributed by atoms with Gasteiger partial charge in [0.1, 0.15) is 11.3 Å². The SMILES string of the molecule is c1ccc(-c2ccc(N(c3ccc(-c4ccc(-c5cccc6c5-c5oc7ccccc7c5C6(c5ccccc5)c5ccccc5)cc4)cc3)c3ccc4ccccc4c3)cc2)cc1. The molecular formula is C61H41NO. The van der Waals surface area contributed by atoms with Crippen molar-refractivity contribution in [1.82, 2.24) is 0 Å². The maximum Gasteiger partial charge on any atom is 0.141 e. The van der Waals surface area contributed by atoms with Crippen molar-refractivity contribution in [2.45, 2.75) is 5.41 Å². The van der Waals surface area contributed by atoms with Crippen LogP contribution in [0.3, 0.4) is 0 Å².